The Morgan fingerprint density at radius 1 is 1.53 bits per heavy atom. The van der Waals surface area contributed by atoms with Gasteiger partial charge >= 0.3 is 5.97 Å². The molecule has 1 rings (SSSR count). The molecule has 0 aliphatic carbocycles. The summed E-state index contributed by atoms with van der Waals surface area (Å²) in [5.74, 6) is -1.20. The first kappa shape index (κ1) is 16.0. The van der Waals surface area contributed by atoms with Crippen molar-refractivity contribution in [2.24, 2.45) is 0 Å². The summed E-state index contributed by atoms with van der Waals surface area (Å²) in [5.41, 5.74) is -0.197. The normalized spacial score (nSPS) is 13.7. The van der Waals surface area contributed by atoms with Crippen molar-refractivity contribution in [3.8, 4) is 0 Å². The Morgan fingerprint density at radius 3 is 2.68 bits per heavy atom. The fourth-order valence-corrected chi connectivity index (χ4v) is 2.41. The average molecular weight is 399 g/mol. The minimum absolute atomic E-state index is 0.0694. The molecule has 104 valence electrons. The molecule has 0 fully saturated rings. The lowest BCUT2D eigenvalue weighted by Gasteiger charge is -2.15. The highest BCUT2D eigenvalue weighted by molar-refractivity contribution is 9.12. The highest BCUT2D eigenvalue weighted by Gasteiger charge is 2.31. The maximum atomic E-state index is 13.2. The molecule has 8 heteroatoms. The molecule has 19 heavy (non-hydrogen) atoms. The summed E-state index contributed by atoms with van der Waals surface area (Å²) in [7, 11) is 0. The molecule has 0 heterocycles. The zero-order chi connectivity index (χ0) is 14.6. The Labute approximate surface area is 125 Å². The van der Waals surface area contributed by atoms with Crippen molar-refractivity contribution >= 4 is 43.5 Å². The number of benzene rings is 1. The van der Waals surface area contributed by atoms with Crippen LogP contribution in [-0.2, 0) is 9.53 Å². The number of rotatable bonds is 5. The smallest absolute Gasteiger partial charge is 0.321 e. The Balaban J connectivity index is 3.10. The van der Waals surface area contributed by atoms with Gasteiger partial charge in [0.15, 0.2) is 0 Å². The summed E-state index contributed by atoms with van der Waals surface area (Å²) in [6, 6.07) is 3.07. The summed E-state index contributed by atoms with van der Waals surface area (Å²) in [4.78, 5) is 20.2. The van der Waals surface area contributed by atoms with Crippen molar-refractivity contribution < 1.29 is 18.8 Å². The fraction of sp³-hybridized carbons (Fsp3) is 0.364. The molecule has 2 unspecified atom stereocenters. The van der Waals surface area contributed by atoms with Gasteiger partial charge in [0.05, 0.1) is 16.4 Å². The van der Waals surface area contributed by atoms with Crippen LogP contribution in [0.25, 0.3) is 0 Å². The number of halogens is 3. The van der Waals surface area contributed by atoms with Gasteiger partial charge in [-0.05, 0) is 19.1 Å². The third-order valence-corrected chi connectivity index (χ3v) is 4.89. The number of nitro groups is 1. The summed E-state index contributed by atoms with van der Waals surface area (Å²) >= 11 is 6.24. The summed E-state index contributed by atoms with van der Waals surface area (Å²) < 4.78 is 18.0. The van der Waals surface area contributed by atoms with E-state index in [2.05, 4.69) is 31.9 Å². The molecule has 0 spiro atoms. The van der Waals surface area contributed by atoms with Gasteiger partial charge in [0.2, 0.25) is 0 Å². The standard InChI is InChI=1S/C11H10Br2FNO4/c1-2-19-11(16)10(13)9(12)7-5-6(14)3-4-8(7)15(17)18/h3-5,9-10H,2H2,1H3. The van der Waals surface area contributed by atoms with E-state index in [1.807, 2.05) is 0 Å². The predicted octanol–water partition coefficient (Wildman–Crippen LogP) is 3.50. The van der Waals surface area contributed by atoms with Crippen LogP contribution in [0.5, 0.6) is 0 Å². The van der Waals surface area contributed by atoms with Gasteiger partial charge in [-0.2, -0.15) is 0 Å². The molecule has 1 aromatic rings. The Morgan fingerprint density at radius 2 is 2.16 bits per heavy atom. The van der Waals surface area contributed by atoms with Gasteiger partial charge < -0.3 is 4.74 Å². The summed E-state index contributed by atoms with van der Waals surface area (Å²) in [5, 5.41) is 10.9. The summed E-state index contributed by atoms with van der Waals surface area (Å²) in [6.45, 7) is 1.83. The zero-order valence-corrected chi connectivity index (χ0v) is 13.0. The molecule has 0 aromatic heterocycles. The number of ether oxygens (including phenoxy) is 1. The van der Waals surface area contributed by atoms with E-state index in [0.717, 1.165) is 18.2 Å². The van der Waals surface area contributed by atoms with Crippen molar-refractivity contribution in [3.05, 3.63) is 39.7 Å². The van der Waals surface area contributed by atoms with Gasteiger partial charge in [-0.3, -0.25) is 14.9 Å². The Kier molecular flexibility index (Phi) is 5.86. The first-order valence-electron chi connectivity index (χ1n) is 5.27. The van der Waals surface area contributed by atoms with Gasteiger partial charge in [0.1, 0.15) is 10.6 Å². The molecule has 5 nitrogen and oxygen atoms in total. The molecule has 0 amide bonds. The van der Waals surface area contributed by atoms with Crippen LogP contribution in [0.3, 0.4) is 0 Å². The minimum atomic E-state index is -0.854. The number of esters is 1. The van der Waals surface area contributed by atoms with Gasteiger partial charge in [-0.25, -0.2) is 4.39 Å². The number of carbonyl (C=O) groups is 1. The number of carbonyl (C=O) groups excluding carboxylic acids is 1. The van der Waals surface area contributed by atoms with Crippen molar-refractivity contribution in [3.63, 3.8) is 0 Å². The first-order chi connectivity index (χ1) is 8.88. The molecule has 2 atom stereocenters. The van der Waals surface area contributed by atoms with Crippen LogP contribution < -0.4 is 0 Å². The second kappa shape index (κ2) is 6.95. The van der Waals surface area contributed by atoms with Crippen LogP contribution in [0.2, 0.25) is 0 Å². The molecule has 0 aliphatic rings. The predicted molar refractivity (Wildman–Crippen MR) is 74.1 cm³/mol. The topological polar surface area (TPSA) is 69.4 Å². The van der Waals surface area contributed by atoms with Crippen molar-refractivity contribution in [2.75, 3.05) is 6.61 Å². The molecule has 1 aromatic carbocycles. The Hall–Kier alpha value is -1.02. The van der Waals surface area contributed by atoms with Crippen molar-refractivity contribution in [2.45, 2.75) is 16.6 Å². The van der Waals surface area contributed by atoms with Gasteiger partial charge in [0, 0.05) is 11.6 Å². The second-order valence-corrected chi connectivity index (χ2v) is 5.49. The largest absolute Gasteiger partial charge is 0.465 e. The van der Waals surface area contributed by atoms with E-state index in [-0.39, 0.29) is 17.9 Å². The molecule has 0 saturated heterocycles. The minimum Gasteiger partial charge on any atom is -0.465 e. The lowest BCUT2D eigenvalue weighted by atomic mass is 10.1. The third-order valence-electron chi connectivity index (χ3n) is 2.25. The van der Waals surface area contributed by atoms with Crippen LogP contribution in [0.15, 0.2) is 18.2 Å². The average Bonchev–Trinajstić information content (AvgIpc) is 2.36. The first-order valence-corrected chi connectivity index (χ1v) is 7.10. The summed E-state index contributed by atoms with van der Waals surface area (Å²) in [6.07, 6.45) is 0. The number of hydrogen-bond acceptors (Lipinski definition) is 4. The van der Waals surface area contributed by atoms with Crippen LogP contribution in [-0.4, -0.2) is 22.3 Å². The van der Waals surface area contributed by atoms with E-state index < -0.39 is 26.4 Å². The molecule has 0 radical (unpaired) electrons. The van der Waals surface area contributed by atoms with Crippen molar-refractivity contribution in [1.29, 1.82) is 0 Å². The maximum Gasteiger partial charge on any atom is 0.321 e. The lowest BCUT2D eigenvalue weighted by Crippen LogP contribution is -2.22. The maximum absolute atomic E-state index is 13.2. The van der Waals surface area contributed by atoms with E-state index in [9.17, 15) is 19.3 Å². The van der Waals surface area contributed by atoms with Crippen LogP contribution in [0.4, 0.5) is 10.1 Å². The molecular weight excluding hydrogens is 389 g/mol. The van der Waals surface area contributed by atoms with E-state index in [1.165, 1.54) is 0 Å². The van der Waals surface area contributed by atoms with Crippen LogP contribution >= 0.6 is 31.9 Å². The third kappa shape index (κ3) is 3.97. The number of alkyl halides is 2. The van der Waals surface area contributed by atoms with E-state index in [0.29, 0.717) is 0 Å². The molecule has 0 bridgehead atoms. The molecule has 0 aliphatic heterocycles. The highest BCUT2D eigenvalue weighted by atomic mass is 79.9. The van der Waals surface area contributed by atoms with Crippen molar-refractivity contribution in [1.82, 2.24) is 0 Å². The van der Waals surface area contributed by atoms with Crippen LogP contribution in [0.1, 0.15) is 17.3 Å². The van der Waals surface area contributed by atoms with E-state index >= 15 is 0 Å². The molecular formula is C11H10Br2FNO4. The Bertz CT molecular complexity index is 498. The zero-order valence-electron chi connectivity index (χ0n) is 9.81. The van der Waals surface area contributed by atoms with E-state index in [4.69, 9.17) is 4.74 Å². The number of hydrogen-bond donors (Lipinski definition) is 0. The highest BCUT2D eigenvalue weighted by Crippen LogP contribution is 2.37. The number of nitro benzene ring substituents is 1. The van der Waals surface area contributed by atoms with E-state index in [1.54, 1.807) is 6.92 Å². The van der Waals surface area contributed by atoms with Gasteiger partial charge in [-0.15, -0.1) is 0 Å². The van der Waals surface area contributed by atoms with Crippen LogP contribution in [0, 0.1) is 15.9 Å². The quantitative estimate of drug-likeness (QED) is 0.329. The lowest BCUT2D eigenvalue weighted by molar-refractivity contribution is -0.385. The monoisotopic (exact) mass is 397 g/mol. The van der Waals surface area contributed by atoms with Gasteiger partial charge in [-0.1, -0.05) is 31.9 Å². The fourth-order valence-electron chi connectivity index (χ4n) is 1.41. The number of nitrogens with zero attached hydrogens (tertiary/aromatic N) is 1. The van der Waals surface area contributed by atoms with Gasteiger partial charge in [0.25, 0.3) is 5.69 Å². The molecule has 0 N–H and O–H groups in total. The second-order valence-electron chi connectivity index (χ2n) is 3.52. The SMILES string of the molecule is CCOC(=O)C(Br)C(Br)c1cc(F)ccc1[N+](=O)[O-]. The molecule has 0 saturated carbocycles.